The Bertz CT molecular complexity index is 443. The quantitative estimate of drug-likeness (QED) is 0.888. The van der Waals surface area contributed by atoms with E-state index in [1.54, 1.807) is 0 Å². The maximum absolute atomic E-state index is 11.5. The molecule has 0 heterocycles. The lowest BCUT2D eigenvalue weighted by molar-refractivity contribution is -0.145. The number of aryl methyl sites for hydroxylation is 1. The number of thioether (sulfide) groups is 1. The van der Waals surface area contributed by atoms with Crippen LogP contribution in [0.25, 0.3) is 0 Å². The average molecular weight is 250 g/mol. The van der Waals surface area contributed by atoms with Crippen LogP contribution in [0, 0.1) is 12.3 Å². The summed E-state index contributed by atoms with van der Waals surface area (Å²) in [5, 5.41) is 9.45. The molecule has 92 valence electrons. The van der Waals surface area contributed by atoms with Crippen LogP contribution in [0.2, 0.25) is 0 Å². The van der Waals surface area contributed by atoms with Crippen molar-refractivity contribution in [1.29, 1.82) is 0 Å². The van der Waals surface area contributed by atoms with E-state index in [0.717, 1.165) is 23.3 Å². The fraction of sp³-hybridized carbons (Fsp3) is 0.500. The summed E-state index contributed by atoms with van der Waals surface area (Å²) in [6.07, 6.45) is 1.49. The van der Waals surface area contributed by atoms with Crippen LogP contribution in [-0.4, -0.2) is 15.8 Å². The Balaban J connectivity index is 2.22. The van der Waals surface area contributed by atoms with Gasteiger partial charge in [-0.3, -0.25) is 4.79 Å². The third-order valence-corrected chi connectivity index (χ3v) is 4.85. The summed E-state index contributed by atoms with van der Waals surface area (Å²) in [5.74, 6) is -0.676. The number of benzene rings is 1. The highest BCUT2D eigenvalue weighted by Gasteiger charge is 2.55. The van der Waals surface area contributed by atoms with E-state index in [1.807, 2.05) is 31.2 Å². The monoisotopic (exact) mass is 250 g/mol. The molecule has 0 spiro atoms. The Labute approximate surface area is 106 Å². The van der Waals surface area contributed by atoms with Crippen LogP contribution in [-0.2, 0) is 4.79 Å². The predicted molar refractivity (Wildman–Crippen MR) is 70.4 cm³/mol. The first-order valence-corrected chi connectivity index (χ1v) is 6.64. The molecule has 1 N–H and O–H groups in total. The van der Waals surface area contributed by atoms with Crippen LogP contribution < -0.4 is 0 Å². The molecule has 2 rings (SSSR count). The second kappa shape index (κ2) is 4.05. The molecule has 1 aromatic carbocycles. The highest BCUT2D eigenvalue weighted by molar-refractivity contribution is 8.01. The Morgan fingerprint density at radius 1 is 1.29 bits per heavy atom. The van der Waals surface area contributed by atoms with Gasteiger partial charge in [0.25, 0.3) is 0 Å². The van der Waals surface area contributed by atoms with E-state index in [4.69, 9.17) is 0 Å². The molecule has 1 fully saturated rings. The van der Waals surface area contributed by atoms with E-state index in [-0.39, 0.29) is 5.41 Å². The number of hydrogen-bond donors (Lipinski definition) is 1. The van der Waals surface area contributed by atoms with Crippen LogP contribution in [0.3, 0.4) is 0 Å². The van der Waals surface area contributed by atoms with Crippen LogP contribution in [0.15, 0.2) is 29.2 Å². The van der Waals surface area contributed by atoms with Gasteiger partial charge in [0.1, 0.15) is 4.75 Å². The summed E-state index contributed by atoms with van der Waals surface area (Å²) in [6, 6.07) is 7.99. The summed E-state index contributed by atoms with van der Waals surface area (Å²) >= 11 is 1.52. The molecule has 3 heteroatoms. The largest absolute Gasteiger partial charge is 0.480 e. The van der Waals surface area contributed by atoms with Gasteiger partial charge in [-0.15, -0.1) is 11.8 Å². The summed E-state index contributed by atoms with van der Waals surface area (Å²) < 4.78 is -0.615. The van der Waals surface area contributed by atoms with Crippen molar-refractivity contribution < 1.29 is 9.90 Å². The summed E-state index contributed by atoms with van der Waals surface area (Å²) in [7, 11) is 0. The first kappa shape index (κ1) is 12.5. The van der Waals surface area contributed by atoms with E-state index in [1.165, 1.54) is 11.8 Å². The third kappa shape index (κ3) is 2.34. The Kier molecular flexibility index (Phi) is 2.98. The van der Waals surface area contributed by atoms with E-state index in [2.05, 4.69) is 13.8 Å². The van der Waals surface area contributed by atoms with Gasteiger partial charge < -0.3 is 5.11 Å². The first-order valence-electron chi connectivity index (χ1n) is 5.83. The summed E-state index contributed by atoms with van der Waals surface area (Å²) in [4.78, 5) is 12.6. The number of carboxylic acid groups (broad SMARTS) is 1. The maximum atomic E-state index is 11.5. The Morgan fingerprint density at radius 2 is 1.88 bits per heavy atom. The minimum atomic E-state index is -0.676. The average Bonchev–Trinajstić information content (AvgIpc) is 2.18. The molecule has 0 atom stereocenters. The van der Waals surface area contributed by atoms with Gasteiger partial charge >= 0.3 is 5.97 Å². The van der Waals surface area contributed by atoms with E-state index >= 15 is 0 Å². The summed E-state index contributed by atoms with van der Waals surface area (Å²) in [6.45, 7) is 6.29. The molecule has 0 unspecified atom stereocenters. The maximum Gasteiger partial charge on any atom is 0.320 e. The van der Waals surface area contributed by atoms with Crippen molar-refractivity contribution in [2.75, 3.05) is 0 Å². The molecule has 0 saturated heterocycles. The number of hydrogen-bond acceptors (Lipinski definition) is 2. The molecule has 0 aliphatic heterocycles. The molecule has 2 nitrogen and oxygen atoms in total. The molecule has 1 aromatic rings. The van der Waals surface area contributed by atoms with Gasteiger partial charge in [-0.2, -0.15) is 0 Å². The molecular formula is C14H18O2S. The number of aliphatic carboxylic acids is 1. The van der Waals surface area contributed by atoms with Gasteiger partial charge in [-0.25, -0.2) is 0 Å². The number of carbonyl (C=O) groups is 1. The van der Waals surface area contributed by atoms with Gasteiger partial charge in [0.2, 0.25) is 0 Å². The van der Waals surface area contributed by atoms with Crippen molar-refractivity contribution in [3.05, 3.63) is 29.8 Å². The molecule has 1 aliphatic carbocycles. The predicted octanol–water partition coefficient (Wildman–Crippen LogP) is 3.73. The van der Waals surface area contributed by atoms with Crippen LogP contribution in [0.1, 0.15) is 32.3 Å². The van der Waals surface area contributed by atoms with Crippen molar-refractivity contribution in [2.45, 2.75) is 43.3 Å². The minimum absolute atomic E-state index is 0.161. The minimum Gasteiger partial charge on any atom is -0.480 e. The van der Waals surface area contributed by atoms with Crippen molar-refractivity contribution >= 4 is 17.7 Å². The lowest BCUT2D eigenvalue weighted by atomic mass is 9.64. The second-order valence-electron chi connectivity index (χ2n) is 5.68. The normalized spacial score (nSPS) is 20.6. The fourth-order valence-corrected chi connectivity index (χ4v) is 4.45. The Hall–Kier alpha value is -0.960. The van der Waals surface area contributed by atoms with Crippen LogP contribution in [0.4, 0.5) is 0 Å². The third-order valence-electron chi connectivity index (χ3n) is 3.32. The number of carboxylic acids is 1. The van der Waals surface area contributed by atoms with Crippen molar-refractivity contribution in [1.82, 2.24) is 0 Å². The first-order chi connectivity index (χ1) is 7.85. The summed E-state index contributed by atoms with van der Waals surface area (Å²) in [5.41, 5.74) is 1.32. The smallest absolute Gasteiger partial charge is 0.320 e. The van der Waals surface area contributed by atoms with Gasteiger partial charge in [-0.1, -0.05) is 32.0 Å². The van der Waals surface area contributed by atoms with E-state index in [0.29, 0.717) is 0 Å². The zero-order valence-electron chi connectivity index (χ0n) is 10.5. The van der Waals surface area contributed by atoms with E-state index in [9.17, 15) is 9.90 Å². The zero-order valence-corrected chi connectivity index (χ0v) is 11.3. The molecular weight excluding hydrogens is 232 g/mol. The number of rotatable bonds is 3. The van der Waals surface area contributed by atoms with Gasteiger partial charge in [0, 0.05) is 4.90 Å². The molecule has 0 radical (unpaired) electrons. The lowest BCUT2D eigenvalue weighted by Crippen LogP contribution is -2.52. The lowest BCUT2D eigenvalue weighted by Gasteiger charge is -2.49. The topological polar surface area (TPSA) is 37.3 Å². The SMILES string of the molecule is Cc1ccccc1SC1(C(=O)O)CC(C)(C)C1. The van der Waals surface area contributed by atoms with Crippen molar-refractivity contribution in [3.8, 4) is 0 Å². The molecule has 0 bridgehead atoms. The Morgan fingerprint density at radius 3 is 2.35 bits per heavy atom. The second-order valence-corrected chi connectivity index (χ2v) is 7.11. The fourth-order valence-electron chi connectivity index (χ4n) is 2.64. The molecule has 17 heavy (non-hydrogen) atoms. The van der Waals surface area contributed by atoms with E-state index < -0.39 is 10.7 Å². The van der Waals surface area contributed by atoms with Gasteiger partial charge in [0.15, 0.2) is 0 Å². The van der Waals surface area contributed by atoms with Gasteiger partial charge in [-0.05, 0) is 36.8 Å². The standard InChI is InChI=1S/C14H18O2S/c1-10-6-4-5-7-11(10)17-14(12(15)16)8-13(2,3)9-14/h4-7H,8-9H2,1-3H3,(H,15,16). The van der Waals surface area contributed by atoms with Crippen molar-refractivity contribution in [2.24, 2.45) is 5.41 Å². The zero-order chi connectivity index (χ0) is 12.7. The molecule has 1 aliphatic rings. The molecule has 1 saturated carbocycles. The van der Waals surface area contributed by atoms with Crippen LogP contribution in [0.5, 0.6) is 0 Å². The molecule has 0 amide bonds. The highest BCUT2D eigenvalue weighted by atomic mass is 32.2. The van der Waals surface area contributed by atoms with Gasteiger partial charge in [0.05, 0.1) is 0 Å². The van der Waals surface area contributed by atoms with Crippen molar-refractivity contribution in [3.63, 3.8) is 0 Å². The highest BCUT2D eigenvalue weighted by Crippen LogP contribution is 2.57. The molecule has 0 aromatic heterocycles. The van der Waals surface area contributed by atoms with Crippen LogP contribution >= 0.6 is 11.8 Å².